The summed E-state index contributed by atoms with van der Waals surface area (Å²) in [7, 11) is 1.53. The molecule has 8 nitrogen and oxygen atoms in total. The van der Waals surface area contributed by atoms with Crippen LogP contribution in [0, 0.1) is 17.0 Å². The van der Waals surface area contributed by atoms with Crippen LogP contribution in [0.4, 0.5) is 11.4 Å². The summed E-state index contributed by atoms with van der Waals surface area (Å²) in [6.45, 7) is 2.13. The van der Waals surface area contributed by atoms with E-state index in [0.717, 1.165) is 9.75 Å². The number of ether oxygens (including phenoxy) is 1. The van der Waals surface area contributed by atoms with Crippen molar-refractivity contribution in [2.75, 3.05) is 19.0 Å². The fraction of sp³-hybridized carbons (Fsp3) is 0.250. The van der Waals surface area contributed by atoms with Crippen LogP contribution in [-0.2, 0) is 14.3 Å². The van der Waals surface area contributed by atoms with Crippen molar-refractivity contribution in [3.8, 4) is 0 Å². The largest absolute Gasteiger partial charge is 0.374 e. The van der Waals surface area contributed by atoms with Gasteiger partial charge in [-0.1, -0.05) is 0 Å². The van der Waals surface area contributed by atoms with Crippen molar-refractivity contribution in [2.45, 2.75) is 13.0 Å². The Hall–Kier alpha value is -2.78. The maximum Gasteiger partial charge on any atom is 0.313 e. The summed E-state index contributed by atoms with van der Waals surface area (Å²) in [5.41, 5.74) is 0.194. The molecule has 1 unspecified atom stereocenters. The zero-order chi connectivity index (χ0) is 18.4. The quantitative estimate of drug-likeness (QED) is 0.465. The van der Waals surface area contributed by atoms with Gasteiger partial charge >= 0.3 is 11.8 Å². The van der Waals surface area contributed by atoms with E-state index in [1.807, 2.05) is 19.1 Å². The first-order chi connectivity index (χ1) is 11.9. The van der Waals surface area contributed by atoms with Gasteiger partial charge in [0.1, 0.15) is 6.10 Å². The molecule has 0 saturated carbocycles. The number of hydrogen-bond donors (Lipinski definition) is 2. The number of thiophene rings is 1. The summed E-state index contributed by atoms with van der Waals surface area (Å²) in [4.78, 5) is 35.9. The monoisotopic (exact) mass is 363 g/mol. The Balaban J connectivity index is 1.89. The van der Waals surface area contributed by atoms with Gasteiger partial charge in [-0.05, 0) is 31.2 Å². The minimum Gasteiger partial charge on any atom is -0.374 e. The first-order valence-electron chi connectivity index (χ1n) is 7.33. The van der Waals surface area contributed by atoms with Gasteiger partial charge in [0.2, 0.25) is 0 Å². The van der Waals surface area contributed by atoms with Crippen molar-refractivity contribution in [1.82, 2.24) is 5.32 Å². The molecule has 0 aliphatic rings. The second-order valence-electron chi connectivity index (χ2n) is 5.14. The molecule has 132 valence electrons. The average molecular weight is 363 g/mol. The molecule has 2 N–H and O–H groups in total. The van der Waals surface area contributed by atoms with E-state index in [2.05, 4.69) is 10.6 Å². The van der Waals surface area contributed by atoms with Crippen LogP contribution in [0.15, 0.2) is 36.4 Å². The molecule has 2 rings (SSSR count). The van der Waals surface area contributed by atoms with Crippen LogP contribution < -0.4 is 10.6 Å². The SMILES string of the molecule is COC(CNC(=O)C(=O)Nc1ccc([N+](=O)[O-])cc1)c1ccc(C)s1. The normalized spacial score (nSPS) is 11.6. The Bertz CT molecular complexity index is 772. The van der Waals surface area contributed by atoms with E-state index < -0.39 is 16.7 Å². The molecule has 0 aliphatic heterocycles. The van der Waals surface area contributed by atoms with E-state index in [9.17, 15) is 19.7 Å². The van der Waals surface area contributed by atoms with Gasteiger partial charge in [-0.25, -0.2) is 0 Å². The highest BCUT2D eigenvalue weighted by Crippen LogP contribution is 2.24. The summed E-state index contributed by atoms with van der Waals surface area (Å²) in [5, 5.41) is 15.5. The molecule has 1 aromatic carbocycles. The third kappa shape index (κ3) is 5.10. The lowest BCUT2D eigenvalue weighted by Gasteiger charge is -2.14. The lowest BCUT2D eigenvalue weighted by molar-refractivity contribution is -0.384. The summed E-state index contributed by atoms with van der Waals surface area (Å²) < 4.78 is 5.33. The topological polar surface area (TPSA) is 111 Å². The molecule has 0 spiro atoms. The second kappa shape index (κ2) is 8.36. The van der Waals surface area contributed by atoms with Crippen molar-refractivity contribution in [3.63, 3.8) is 0 Å². The van der Waals surface area contributed by atoms with Crippen LogP contribution >= 0.6 is 11.3 Å². The minimum absolute atomic E-state index is 0.100. The number of nitro benzene ring substituents is 1. The van der Waals surface area contributed by atoms with Gasteiger partial charge < -0.3 is 15.4 Å². The number of non-ortho nitro benzene ring substituents is 1. The Labute approximate surface area is 148 Å². The number of anilines is 1. The number of rotatable bonds is 6. The summed E-state index contributed by atoms with van der Waals surface area (Å²) in [5.74, 6) is -1.67. The average Bonchev–Trinajstić information content (AvgIpc) is 3.02. The van der Waals surface area contributed by atoms with Crippen LogP contribution in [0.5, 0.6) is 0 Å². The van der Waals surface area contributed by atoms with E-state index >= 15 is 0 Å². The van der Waals surface area contributed by atoms with Crippen molar-refractivity contribution in [1.29, 1.82) is 0 Å². The summed E-state index contributed by atoms with van der Waals surface area (Å²) >= 11 is 1.55. The Morgan fingerprint density at radius 3 is 2.40 bits per heavy atom. The lowest BCUT2D eigenvalue weighted by atomic mass is 10.2. The smallest absolute Gasteiger partial charge is 0.313 e. The Morgan fingerprint density at radius 1 is 1.20 bits per heavy atom. The number of carbonyl (C=O) groups excluding carboxylic acids is 2. The fourth-order valence-corrected chi connectivity index (χ4v) is 3.00. The number of benzene rings is 1. The van der Waals surface area contributed by atoms with Crippen LogP contribution in [0.3, 0.4) is 0 Å². The molecule has 0 aliphatic carbocycles. The molecular formula is C16H17N3O5S. The van der Waals surface area contributed by atoms with Crippen molar-refractivity contribution < 1.29 is 19.2 Å². The molecule has 1 heterocycles. The van der Waals surface area contributed by atoms with Gasteiger partial charge in [-0.2, -0.15) is 0 Å². The molecular weight excluding hydrogens is 346 g/mol. The third-order valence-electron chi connectivity index (χ3n) is 3.35. The molecule has 0 saturated heterocycles. The van der Waals surface area contributed by atoms with E-state index in [1.165, 1.54) is 31.4 Å². The highest BCUT2D eigenvalue weighted by atomic mass is 32.1. The van der Waals surface area contributed by atoms with Crippen molar-refractivity contribution in [2.24, 2.45) is 0 Å². The number of nitrogens with one attached hydrogen (secondary N) is 2. The molecule has 9 heteroatoms. The fourth-order valence-electron chi connectivity index (χ4n) is 2.05. The lowest BCUT2D eigenvalue weighted by Crippen LogP contribution is -2.37. The zero-order valence-electron chi connectivity index (χ0n) is 13.6. The highest BCUT2D eigenvalue weighted by Gasteiger charge is 2.18. The third-order valence-corrected chi connectivity index (χ3v) is 4.45. The van der Waals surface area contributed by atoms with Gasteiger partial charge in [0.15, 0.2) is 0 Å². The molecule has 0 radical (unpaired) electrons. The number of aryl methyl sites for hydroxylation is 1. The maximum absolute atomic E-state index is 11.9. The molecule has 2 aromatic rings. The van der Waals surface area contributed by atoms with Gasteiger partial charge in [-0.15, -0.1) is 11.3 Å². The molecule has 2 amide bonds. The van der Waals surface area contributed by atoms with E-state index in [-0.39, 0.29) is 18.3 Å². The van der Waals surface area contributed by atoms with Gasteiger partial charge in [0.25, 0.3) is 5.69 Å². The van der Waals surface area contributed by atoms with Crippen LogP contribution in [0.2, 0.25) is 0 Å². The first-order valence-corrected chi connectivity index (χ1v) is 8.15. The van der Waals surface area contributed by atoms with E-state index in [1.54, 1.807) is 11.3 Å². The Morgan fingerprint density at radius 2 is 1.88 bits per heavy atom. The molecule has 25 heavy (non-hydrogen) atoms. The van der Waals surface area contributed by atoms with Crippen LogP contribution in [0.1, 0.15) is 15.9 Å². The zero-order valence-corrected chi connectivity index (χ0v) is 14.5. The number of amides is 2. The highest BCUT2D eigenvalue weighted by molar-refractivity contribution is 7.12. The van der Waals surface area contributed by atoms with E-state index in [0.29, 0.717) is 5.69 Å². The van der Waals surface area contributed by atoms with Gasteiger partial charge in [0.05, 0.1) is 4.92 Å². The second-order valence-corrected chi connectivity index (χ2v) is 6.46. The van der Waals surface area contributed by atoms with Gasteiger partial charge in [-0.3, -0.25) is 19.7 Å². The molecule has 1 atom stereocenters. The Kier molecular flexibility index (Phi) is 6.20. The number of nitro groups is 1. The van der Waals surface area contributed by atoms with Crippen molar-refractivity contribution >= 4 is 34.5 Å². The number of carbonyl (C=O) groups is 2. The van der Waals surface area contributed by atoms with Gasteiger partial charge in [0, 0.05) is 41.2 Å². The summed E-state index contributed by atoms with van der Waals surface area (Å²) in [6, 6.07) is 9.07. The molecule has 1 aromatic heterocycles. The molecule has 0 bridgehead atoms. The van der Waals surface area contributed by atoms with Crippen LogP contribution in [-0.4, -0.2) is 30.4 Å². The summed E-state index contributed by atoms with van der Waals surface area (Å²) in [6.07, 6.45) is -0.338. The predicted molar refractivity (Wildman–Crippen MR) is 93.5 cm³/mol. The number of methoxy groups -OCH3 is 1. The van der Waals surface area contributed by atoms with Crippen molar-refractivity contribution in [3.05, 3.63) is 56.3 Å². The van der Waals surface area contributed by atoms with E-state index in [4.69, 9.17) is 4.74 Å². The predicted octanol–water partition coefficient (Wildman–Crippen LogP) is 2.41. The maximum atomic E-state index is 11.9. The molecule has 0 fully saturated rings. The standard InChI is InChI=1S/C16H17N3O5S/c1-10-3-8-14(25-10)13(24-2)9-17-15(20)16(21)18-11-4-6-12(7-5-11)19(22)23/h3-8,13H,9H2,1-2H3,(H,17,20)(H,18,21). The first kappa shape index (κ1) is 18.6. The van der Waals surface area contributed by atoms with Crippen LogP contribution in [0.25, 0.3) is 0 Å². The minimum atomic E-state index is -0.855. The number of nitrogens with zero attached hydrogens (tertiary/aromatic N) is 1. The number of hydrogen-bond acceptors (Lipinski definition) is 6.